The summed E-state index contributed by atoms with van der Waals surface area (Å²) in [6.45, 7) is 0. The minimum absolute atomic E-state index is 1.58. The van der Waals surface area contributed by atoms with Crippen molar-refractivity contribution in [1.29, 1.82) is 0 Å². The van der Waals surface area contributed by atoms with Crippen LogP contribution in [0.1, 0.15) is 0 Å². The van der Waals surface area contributed by atoms with Gasteiger partial charge in [0.15, 0.2) is 0 Å². The highest BCUT2D eigenvalue weighted by Crippen LogP contribution is 2.46. The standard InChI is InChI=1S/C3H2F3NO2/c4-1-2(5)3(1,6)7(8)9/h1-2H. The van der Waals surface area contributed by atoms with Crippen LogP contribution in [0, 0.1) is 10.1 Å². The molecule has 0 radical (unpaired) electrons. The predicted molar refractivity (Wildman–Crippen MR) is 20.6 cm³/mol. The average molecular weight is 141 g/mol. The van der Waals surface area contributed by atoms with Crippen molar-refractivity contribution in [3.05, 3.63) is 10.1 Å². The highest BCUT2D eigenvalue weighted by atomic mass is 19.2. The molecule has 1 aliphatic rings. The highest BCUT2D eigenvalue weighted by molar-refractivity contribution is 5.07. The van der Waals surface area contributed by atoms with E-state index < -0.39 is 23.1 Å². The first-order valence-electron chi connectivity index (χ1n) is 2.12. The summed E-state index contributed by atoms with van der Waals surface area (Å²) in [6.07, 6.45) is -5.15. The maximum absolute atomic E-state index is 12.0. The van der Waals surface area contributed by atoms with Gasteiger partial charge >= 0.3 is 5.79 Å². The monoisotopic (exact) mass is 141 g/mol. The molecule has 9 heavy (non-hydrogen) atoms. The lowest BCUT2D eigenvalue weighted by Crippen LogP contribution is -2.20. The number of halogens is 3. The first-order valence-corrected chi connectivity index (χ1v) is 2.12. The van der Waals surface area contributed by atoms with Crippen LogP contribution in [0.2, 0.25) is 0 Å². The average Bonchev–Trinajstić information content (AvgIpc) is 2.22. The molecule has 0 heterocycles. The third-order valence-electron chi connectivity index (χ3n) is 1.20. The summed E-state index contributed by atoms with van der Waals surface area (Å²) in [6, 6.07) is 0. The Morgan fingerprint density at radius 3 is 1.78 bits per heavy atom. The number of nitro groups is 1. The summed E-state index contributed by atoms with van der Waals surface area (Å²) < 4.78 is 35.2. The zero-order valence-electron chi connectivity index (χ0n) is 4.05. The summed E-state index contributed by atoms with van der Waals surface area (Å²) in [5, 5.41) is 9.45. The fourth-order valence-corrected chi connectivity index (χ4v) is 0.471. The van der Waals surface area contributed by atoms with Gasteiger partial charge in [-0.3, -0.25) is 10.1 Å². The van der Waals surface area contributed by atoms with E-state index in [9.17, 15) is 23.3 Å². The third kappa shape index (κ3) is 0.526. The highest BCUT2D eigenvalue weighted by Gasteiger charge is 2.82. The molecule has 52 valence electrons. The van der Waals surface area contributed by atoms with E-state index in [1.807, 2.05) is 0 Å². The Hall–Kier alpha value is -0.810. The van der Waals surface area contributed by atoms with Crippen molar-refractivity contribution in [3.8, 4) is 0 Å². The zero-order valence-corrected chi connectivity index (χ0v) is 4.05. The fourth-order valence-electron chi connectivity index (χ4n) is 0.471. The van der Waals surface area contributed by atoms with Crippen molar-refractivity contribution >= 4 is 0 Å². The van der Waals surface area contributed by atoms with E-state index in [4.69, 9.17) is 0 Å². The van der Waals surface area contributed by atoms with Crippen LogP contribution in [-0.2, 0) is 0 Å². The molecule has 0 aromatic carbocycles. The molecule has 2 atom stereocenters. The van der Waals surface area contributed by atoms with Gasteiger partial charge in [-0.05, 0) is 0 Å². The Balaban J connectivity index is 2.71. The molecule has 0 saturated heterocycles. The van der Waals surface area contributed by atoms with Crippen molar-refractivity contribution in [3.63, 3.8) is 0 Å². The van der Waals surface area contributed by atoms with Crippen LogP contribution in [0.3, 0.4) is 0 Å². The van der Waals surface area contributed by atoms with E-state index in [0.29, 0.717) is 0 Å². The van der Waals surface area contributed by atoms with Crippen LogP contribution in [0.15, 0.2) is 0 Å². The van der Waals surface area contributed by atoms with Gasteiger partial charge in [0.1, 0.15) is 0 Å². The summed E-state index contributed by atoms with van der Waals surface area (Å²) in [7, 11) is 0. The Bertz CT molecular complexity index is 153. The molecule has 1 fully saturated rings. The molecule has 0 aromatic heterocycles. The maximum Gasteiger partial charge on any atom is 0.426 e. The SMILES string of the molecule is O=[N+]([O-])C1(F)C(F)C1F. The first-order chi connectivity index (χ1) is 4.01. The van der Waals surface area contributed by atoms with Crippen molar-refractivity contribution in [2.24, 2.45) is 0 Å². The minimum Gasteiger partial charge on any atom is -0.261 e. The molecule has 0 aromatic rings. The molecule has 0 aliphatic heterocycles. The van der Waals surface area contributed by atoms with E-state index in [0.717, 1.165) is 0 Å². The normalized spacial score (nSPS) is 48.8. The predicted octanol–water partition coefficient (Wildman–Crippen LogP) is 0.619. The quantitative estimate of drug-likeness (QED) is 0.305. The molecule has 0 N–H and O–H groups in total. The van der Waals surface area contributed by atoms with Gasteiger partial charge in [-0.15, -0.1) is 0 Å². The summed E-state index contributed by atoms with van der Waals surface area (Å²) in [4.78, 5) is 7.87. The molecule has 0 bridgehead atoms. The van der Waals surface area contributed by atoms with E-state index in [2.05, 4.69) is 0 Å². The van der Waals surface area contributed by atoms with Gasteiger partial charge in [0, 0.05) is 0 Å². The number of hydrogen-bond donors (Lipinski definition) is 0. The molecule has 6 heteroatoms. The van der Waals surface area contributed by atoms with Gasteiger partial charge < -0.3 is 0 Å². The Kier molecular flexibility index (Phi) is 0.960. The molecule has 1 aliphatic carbocycles. The lowest BCUT2D eigenvalue weighted by atomic mass is 10.7. The fraction of sp³-hybridized carbons (Fsp3) is 1.00. The molecule has 1 saturated carbocycles. The van der Waals surface area contributed by atoms with Crippen LogP contribution >= 0.6 is 0 Å². The number of nitrogens with zero attached hydrogens (tertiary/aromatic N) is 1. The second-order valence-corrected chi connectivity index (χ2v) is 1.79. The van der Waals surface area contributed by atoms with Crippen LogP contribution in [-0.4, -0.2) is 23.1 Å². The lowest BCUT2D eigenvalue weighted by Gasteiger charge is -1.89. The van der Waals surface area contributed by atoms with Gasteiger partial charge in [0.2, 0.25) is 12.3 Å². The smallest absolute Gasteiger partial charge is 0.261 e. The topological polar surface area (TPSA) is 43.1 Å². The lowest BCUT2D eigenvalue weighted by molar-refractivity contribution is -0.578. The van der Waals surface area contributed by atoms with Crippen molar-refractivity contribution in [2.75, 3.05) is 0 Å². The number of hydrogen-bond acceptors (Lipinski definition) is 2. The van der Waals surface area contributed by atoms with E-state index in [-0.39, 0.29) is 0 Å². The molecule has 0 amide bonds. The Morgan fingerprint density at radius 1 is 1.44 bits per heavy atom. The number of alkyl halides is 3. The van der Waals surface area contributed by atoms with Gasteiger partial charge in [0.05, 0.1) is 4.92 Å². The molecule has 1 rings (SSSR count). The third-order valence-corrected chi connectivity index (χ3v) is 1.20. The van der Waals surface area contributed by atoms with Crippen LogP contribution in [0.5, 0.6) is 0 Å². The van der Waals surface area contributed by atoms with Gasteiger partial charge in [-0.25, -0.2) is 8.78 Å². The van der Waals surface area contributed by atoms with Gasteiger partial charge in [0.25, 0.3) is 0 Å². The maximum atomic E-state index is 12.0. The van der Waals surface area contributed by atoms with Crippen LogP contribution < -0.4 is 0 Å². The van der Waals surface area contributed by atoms with E-state index in [1.54, 1.807) is 0 Å². The van der Waals surface area contributed by atoms with Gasteiger partial charge in [-0.1, -0.05) is 0 Å². The van der Waals surface area contributed by atoms with E-state index >= 15 is 0 Å². The molecular weight excluding hydrogens is 139 g/mol. The van der Waals surface area contributed by atoms with E-state index in [1.165, 1.54) is 0 Å². The Morgan fingerprint density at radius 2 is 1.78 bits per heavy atom. The largest absolute Gasteiger partial charge is 0.426 e. The van der Waals surface area contributed by atoms with Crippen molar-refractivity contribution < 1.29 is 18.1 Å². The molecular formula is C3H2F3NO2. The van der Waals surface area contributed by atoms with Crippen molar-refractivity contribution in [1.82, 2.24) is 0 Å². The minimum atomic E-state index is -3.44. The summed E-state index contributed by atoms with van der Waals surface area (Å²) in [5.74, 6) is -3.44. The molecule has 2 unspecified atom stereocenters. The second-order valence-electron chi connectivity index (χ2n) is 1.79. The Labute approximate surface area is 47.6 Å². The van der Waals surface area contributed by atoms with Gasteiger partial charge in [-0.2, -0.15) is 4.39 Å². The molecule has 0 spiro atoms. The van der Waals surface area contributed by atoms with Crippen LogP contribution in [0.25, 0.3) is 0 Å². The number of rotatable bonds is 1. The summed E-state index contributed by atoms with van der Waals surface area (Å²) >= 11 is 0. The first kappa shape index (κ1) is 6.31. The second kappa shape index (κ2) is 1.37. The molecule has 3 nitrogen and oxygen atoms in total. The zero-order chi connectivity index (χ0) is 7.23. The van der Waals surface area contributed by atoms with Crippen LogP contribution in [0.4, 0.5) is 13.2 Å². The summed E-state index contributed by atoms with van der Waals surface area (Å²) in [5.41, 5.74) is 0. The van der Waals surface area contributed by atoms with Crippen molar-refractivity contribution in [2.45, 2.75) is 18.1 Å².